The lowest BCUT2D eigenvalue weighted by atomic mass is 10.1. The first kappa shape index (κ1) is 10.2. The topological polar surface area (TPSA) is 12.5 Å². The molecular formula is C11H16ClNO. The molecule has 78 valence electrons. The normalized spacial score (nSPS) is 33.4. The van der Waals surface area contributed by atoms with Crippen LogP contribution < -0.4 is 0 Å². The summed E-state index contributed by atoms with van der Waals surface area (Å²) in [6, 6.07) is 0. The van der Waals surface area contributed by atoms with E-state index < -0.39 is 0 Å². The largest absolute Gasteiger partial charge is 0.369 e. The van der Waals surface area contributed by atoms with E-state index in [0.29, 0.717) is 6.10 Å². The Morgan fingerprint density at radius 1 is 1.57 bits per heavy atom. The summed E-state index contributed by atoms with van der Waals surface area (Å²) in [5.41, 5.74) is 0. The first-order valence-corrected chi connectivity index (χ1v) is 5.50. The van der Waals surface area contributed by atoms with E-state index in [9.17, 15) is 0 Å². The summed E-state index contributed by atoms with van der Waals surface area (Å²) in [5, 5.41) is 0.799. The minimum Gasteiger partial charge on any atom is -0.369 e. The fraction of sp³-hybridized carbons (Fsp3) is 0.636. The maximum Gasteiger partial charge on any atom is 0.0812 e. The number of allylic oxidation sites excluding steroid dienone is 2. The molecule has 3 heteroatoms. The van der Waals surface area contributed by atoms with E-state index in [0.717, 1.165) is 31.0 Å². The standard InChI is InChI=1S/C11H16ClNO/c1-13-6-5-11(8-13)14-10-4-2-3-9(12)7-10/h2-3,7,10-11H,4-6,8H2,1H3/t10?,11-/m1/s1. The minimum absolute atomic E-state index is 0.184. The van der Waals surface area contributed by atoms with Gasteiger partial charge in [-0.2, -0.15) is 0 Å². The fourth-order valence-electron chi connectivity index (χ4n) is 1.96. The van der Waals surface area contributed by atoms with E-state index in [1.807, 2.05) is 12.2 Å². The zero-order valence-electron chi connectivity index (χ0n) is 8.45. The summed E-state index contributed by atoms with van der Waals surface area (Å²) in [6.07, 6.45) is 8.67. The molecule has 0 bridgehead atoms. The summed E-state index contributed by atoms with van der Waals surface area (Å²) in [7, 11) is 2.13. The molecular weight excluding hydrogens is 198 g/mol. The number of likely N-dealkylation sites (tertiary alicyclic amines) is 1. The number of halogens is 1. The van der Waals surface area contributed by atoms with Gasteiger partial charge < -0.3 is 9.64 Å². The van der Waals surface area contributed by atoms with Crippen molar-refractivity contribution in [2.24, 2.45) is 0 Å². The van der Waals surface area contributed by atoms with Gasteiger partial charge in [0.15, 0.2) is 0 Å². The molecule has 2 aliphatic rings. The van der Waals surface area contributed by atoms with Crippen LogP contribution >= 0.6 is 11.6 Å². The van der Waals surface area contributed by atoms with Crippen LogP contribution in [0.4, 0.5) is 0 Å². The summed E-state index contributed by atoms with van der Waals surface area (Å²) < 4.78 is 5.94. The molecule has 1 saturated heterocycles. The second-order valence-corrected chi connectivity index (χ2v) is 4.47. The second-order valence-electron chi connectivity index (χ2n) is 4.04. The van der Waals surface area contributed by atoms with E-state index in [1.54, 1.807) is 0 Å². The highest BCUT2D eigenvalue weighted by atomic mass is 35.5. The van der Waals surface area contributed by atoms with E-state index >= 15 is 0 Å². The van der Waals surface area contributed by atoms with Crippen LogP contribution in [0, 0.1) is 0 Å². The number of hydrogen-bond donors (Lipinski definition) is 0. The van der Waals surface area contributed by atoms with Gasteiger partial charge in [-0.05, 0) is 32.0 Å². The van der Waals surface area contributed by atoms with Crippen molar-refractivity contribution in [3.05, 3.63) is 23.3 Å². The summed E-state index contributed by atoms with van der Waals surface area (Å²) in [5.74, 6) is 0. The van der Waals surface area contributed by atoms with Crippen molar-refractivity contribution < 1.29 is 4.74 Å². The smallest absolute Gasteiger partial charge is 0.0812 e. The highest BCUT2D eigenvalue weighted by Crippen LogP contribution is 2.20. The highest BCUT2D eigenvalue weighted by molar-refractivity contribution is 6.31. The maximum atomic E-state index is 5.94. The van der Waals surface area contributed by atoms with Gasteiger partial charge in [0.2, 0.25) is 0 Å². The molecule has 1 fully saturated rings. The molecule has 14 heavy (non-hydrogen) atoms. The number of ether oxygens (including phenoxy) is 1. The first-order chi connectivity index (χ1) is 6.74. The molecule has 0 aromatic heterocycles. The number of likely N-dealkylation sites (N-methyl/N-ethyl adjacent to an activating group) is 1. The Kier molecular flexibility index (Phi) is 3.26. The van der Waals surface area contributed by atoms with Gasteiger partial charge in [-0.3, -0.25) is 0 Å². The molecule has 0 spiro atoms. The monoisotopic (exact) mass is 213 g/mol. The van der Waals surface area contributed by atoms with Gasteiger partial charge in [0.1, 0.15) is 0 Å². The molecule has 0 saturated carbocycles. The predicted molar refractivity (Wildman–Crippen MR) is 58.5 cm³/mol. The van der Waals surface area contributed by atoms with Crippen molar-refractivity contribution in [3.63, 3.8) is 0 Å². The van der Waals surface area contributed by atoms with Crippen LogP contribution in [0.2, 0.25) is 0 Å². The average Bonchev–Trinajstić information content (AvgIpc) is 2.51. The Labute approximate surface area is 90.2 Å². The molecule has 1 unspecified atom stereocenters. The Morgan fingerprint density at radius 2 is 2.43 bits per heavy atom. The molecule has 1 heterocycles. The Bertz CT molecular complexity index is 262. The molecule has 2 rings (SSSR count). The molecule has 0 amide bonds. The van der Waals surface area contributed by atoms with Gasteiger partial charge in [0.05, 0.1) is 12.2 Å². The summed E-state index contributed by atoms with van der Waals surface area (Å²) >= 11 is 5.91. The number of hydrogen-bond acceptors (Lipinski definition) is 2. The third-order valence-corrected chi connectivity index (χ3v) is 2.96. The Balaban J connectivity index is 1.83. The van der Waals surface area contributed by atoms with Gasteiger partial charge in [0.25, 0.3) is 0 Å². The SMILES string of the molecule is CN1CC[C@@H](OC2C=C(Cl)C=CC2)C1. The van der Waals surface area contributed by atoms with Gasteiger partial charge in [-0.1, -0.05) is 17.7 Å². The second kappa shape index (κ2) is 4.47. The zero-order valence-corrected chi connectivity index (χ0v) is 9.20. The molecule has 2 nitrogen and oxygen atoms in total. The third kappa shape index (κ3) is 2.59. The van der Waals surface area contributed by atoms with E-state index in [2.05, 4.69) is 18.0 Å². The van der Waals surface area contributed by atoms with E-state index in [1.165, 1.54) is 0 Å². The van der Waals surface area contributed by atoms with E-state index in [4.69, 9.17) is 16.3 Å². The maximum absolute atomic E-state index is 5.94. The lowest BCUT2D eigenvalue weighted by molar-refractivity contribution is 0.0216. The van der Waals surface area contributed by atoms with Crippen LogP contribution in [0.25, 0.3) is 0 Å². The van der Waals surface area contributed by atoms with Gasteiger partial charge in [0, 0.05) is 18.1 Å². The van der Waals surface area contributed by atoms with Crippen molar-refractivity contribution in [1.29, 1.82) is 0 Å². The van der Waals surface area contributed by atoms with Crippen molar-refractivity contribution in [3.8, 4) is 0 Å². The van der Waals surface area contributed by atoms with Gasteiger partial charge >= 0.3 is 0 Å². The lowest BCUT2D eigenvalue weighted by Gasteiger charge is -2.20. The molecule has 0 aromatic carbocycles. The van der Waals surface area contributed by atoms with Gasteiger partial charge in [-0.25, -0.2) is 0 Å². The Morgan fingerprint density at radius 3 is 3.07 bits per heavy atom. The molecule has 0 aromatic rings. The van der Waals surface area contributed by atoms with Crippen LogP contribution in [0.1, 0.15) is 12.8 Å². The third-order valence-electron chi connectivity index (χ3n) is 2.71. The van der Waals surface area contributed by atoms with Crippen molar-refractivity contribution in [1.82, 2.24) is 4.90 Å². The summed E-state index contributed by atoms with van der Waals surface area (Å²) in [4.78, 5) is 2.30. The summed E-state index contributed by atoms with van der Waals surface area (Å²) in [6.45, 7) is 2.19. The van der Waals surface area contributed by atoms with Crippen LogP contribution in [0.5, 0.6) is 0 Å². The number of rotatable bonds is 2. The average molecular weight is 214 g/mol. The van der Waals surface area contributed by atoms with Crippen LogP contribution in [-0.2, 0) is 4.74 Å². The fourth-order valence-corrected chi connectivity index (χ4v) is 2.19. The minimum atomic E-state index is 0.184. The van der Waals surface area contributed by atoms with Crippen molar-refractivity contribution >= 4 is 11.6 Å². The van der Waals surface area contributed by atoms with Crippen LogP contribution in [0.15, 0.2) is 23.3 Å². The molecule has 1 aliphatic heterocycles. The number of nitrogens with zero attached hydrogens (tertiary/aromatic N) is 1. The highest BCUT2D eigenvalue weighted by Gasteiger charge is 2.22. The van der Waals surface area contributed by atoms with Crippen molar-refractivity contribution in [2.45, 2.75) is 25.0 Å². The van der Waals surface area contributed by atoms with Crippen molar-refractivity contribution in [2.75, 3.05) is 20.1 Å². The van der Waals surface area contributed by atoms with Crippen LogP contribution in [-0.4, -0.2) is 37.2 Å². The molecule has 0 N–H and O–H groups in total. The quantitative estimate of drug-likeness (QED) is 0.697. The predicted octanol–water partition coefficient (Wildman–Crippen LogP) is 2.16. The molecule has 1 aliphatic carbocycles. The zero-order chi connectivity index (χ0) is 9.97. The van der Waals surface area contributed by atoms with Crippen LogP contribution in [0.3, 0.4) is 0 Å². The first-order valence-electron chi connectivity index (χ1n) is 5.12. The molecule has 0 radical (unpaired) electrons. The van der Waals surface area contributed by atoms with E-state index in [-0.39, 0.29) is 6.10 Å². The Hall–Kier alpha value is -0.310. The van der Waals surface area contributed by atoms with Gasteiger partial charge in [-0.15, -0.1) is 0 Å². The lowest BCUT2D eigenvalue weighted by Crippen LogP contribution is -2.24. The molecule has 2 atom stereocenters.